The van der Waals surface area contributed by atoms with E-state index in [1.165, 1.54) is 36.4 Å². The highest BCUT2D eigenvalue weighted by molar-refractivity contribution is 6.97. The van der Waals surface area contributed by atoms with E-state index in [2.05, 4.69) is 71.5 Å². The maximum absolute atomic E-state index is 2.62. The van der Waals surface area contributed by atoms with Crippen LogP contribution in [0.25, 0.3) is 0 Å². The number of allylic oxidation sites excluding steroid dienone is 4. The molecule has 0 amide bonds. The Morgan fingerprint density at radius 3 is 2.26 bits per heavy atom. The molecule has 0 aliphatic heterocycles. The first-order chi connectivity index (χ1) is 10.9. The SMILES string of the molecule is CCCC[Si](C)(C1=CCC=C1C(C)CC)c1cc(C)cc(C)c1. The number of rotatable bonds is 7. The van der Waals surface area contributed by atoms with E-state index in [4.69, 9.17) is 0 Å². The van der Waals surface area contributed by atoms with Gasteiger partial charge in [0, 0.05) is 0 Å². The Morgan fingerprint density at radius 2 is 1.70 bits per heavy atom. The molecule has 0 bridgehead atoms. The van der Waals surface area contributed by atoms with Gasteiger partial charge in [0.2, 0.25) is 0 Å². The smallest absolute Gasteiger partial charge is 0.0808 e. The molecule has 1 aliphatic carbocycles. The van der Waals surface area contributed by atoms with Crippen molar-refractivity contribution in [2.75, 3.05) is 0 Å². The summed E-state index contributed by atoms with van der Waals surface area (Å²) >= 11 is 0. The Balaban J connectivity index is 2.49. The predicted molar refractivity (Wildman–Crippen MR) is 107 cm³/mol. The summed E-state index contributed by atoms with van der Waals surface area (Å²) in [6.07, 6.45) is 10.1. The molecule has 0 aromatic heterocycles. The highest BCUT2D eigenvalue weighted by Crippen LogP contribution is 2.37. The third kappa shape index (κ3) is 3.88. The molecule has 0 fully saturated rings. The van der Waals surface area contributed by atoms with Gasteiger partial charge in [-0.15, -0.1) is 0 Å². The summed E-state index contributed by atoms with van der Waals surface area (Å²) in [4.78, 5) is 0. The molecule has 1 heteroatoms. The van der Waals surface area contributed by atoms with Crippen LogP contribution < -0.4 is 5.19 Å². The lowest BCUT2D eigenvalue weighted by molar-refractivity contribution is 0.667. The van der Waals surface area contributed by atoms with Crippen LogP contribution in [-0.4, -0.2) is 8.07 Å². The van der Waals surface area contributed by atoms with E-state index in [9.17, 15) is 0 Å². The fraction of sp³-hybridized carbons (Fsp3) is 0.545. The van der Waals surface area contributed by atoms with E-state index in [1.807, 2.05) is 0 Å². The Hall–Kier alpha value is -1.08. The van der Waals surface area contributed by atoms with Crippen LogP contribution in [0.5, 0.6) is 0 Å². The summed E-state index contributed by atoms with van der Waals surface area (Å²) in [6, 6.07) is 8.64. The van der Waals surface area contributed by atoms with Crippen LogP contribution in [0.1, 0.15) is 57.6 Å². The lowest BCUT2D eigenvalue weighted by atomic mass is 10.00. The molecule has 1 aromatic rings. The zero-order valence-electron chi connectivity index (χ0n) is 16.0. The molecular weight excluding hydrogens is 292 g/mol. The minimum atomic E-state index is -1.63. The number of benzene rings is 1. The van der Waals surface area contributed by atoms with Gasteiger partial charge in [-0.25, -0.2) is 0 Å². The maximum Gasteiger partial charge on any atom is 0.115 e. The lowest BCUT2D eigenvalue weighted by Crippen LogP contribution is -2.48. The monoisotopic (exact) mass is 326 g/mol. The molecule has 0 heterocycles. The summed E-state index contributed by atoms with van der Waals surface area (Å²) in [5, 5.41) is 3.39. The molecule has 1 aliphatic rings. The first-order valence-electron chi connectivity index (χ1n) is 9.42. The lowest BCUT2D eigenvalue weighted by Gasteiger charge is -2.34. The van der Waals surface area contributed by atoms with Crippen LogP contribution in [0.15, 0.2) is 41.1 Å². The average molecular weight is 327 g/mol. The third-order valence-electron chi connectivity index (χ3n) is 5.60. The van der Waals surface area contributed by atoms with Gasteiger partial charge < -0.3 is 0 Å². The van der Waals surface area contributed by atoms with Crippen molar-refractivity contribution in [3.05, 3.63) is 52.2 Å². The molecule has 1 aromatic carbocycles. The Kier molecular flexibility index (Phi) is 6.08. The molecule has 0 saturated heterocycles. The molecule has 23 heavy (non-hydrogen) atoms. The van der Waals surface area contributed by atoms with E-state index < -0.39 is 8.07 Å². The van der Waals surface area contributed by atoms with Gasteiger partial charge in [-0.3, -0.25) is 0 Å². The van der Waals surface area contributed by atoms with Crippen LogP contribution >= 0.6 is 0 Å². The van der Waals surface area contributed by atoms with Crippen LogP contribution in [0.4, 0.5) is 0 Å². The first-order valence-corrected chi connectivity index (χ1v) is 12.1. The molecule has 2 unspecified atom stereocenters. The summed E-state index contributed by atoms with van der Waals surface area (Å²) in [5.74, 6) is 0.697. The van der Waals surface area contributed by atoms with Crippen molar-refractivity contribution < 1.29 is 0 Å². The Labute approximate surface area is 144 Å². The fourth-order valence-corrected chi connectivity index (χ4v) is 8.60. The molecule has 2 atom stereocenters. The highest BCUT2D eigenvalue weighted by atomic mass is 28.3. The van der Waals surface area contributed by atoms with Gasteiger partial charge in [0.15, 0.2) is 0 Å². The molecule has 0 N–H and O–H groups in total. The summed E-state index contributed by atoms with van der Waals surface area (Å²) < 4.78 is 0. The molecule has 2 rings (SSSR count). The van der Waals surface area contributed by atoms with Crippen molar-refractivity contribution in [1.29, 1.82) is 0 Å². The van der Waals surface area contributed by atoms with Gasteiger partial charge in [0.1, 0.15) is 8.07 Å². The van der Waals surface area contributed by atoms with Crippen molar-refractivity contribution in [3.63, 3.8) is 0 Å². The fourth-order valence-electron chi connectivity index (χ4n) is 4.02. The van der Waals surface area contributed by atoms with Gasteiger partial charge in [-0.05, 0) is 44.2 Å². The number of hydrogen-bond acceptors (Lipinski definition) is 0. The highest BCUT2D eigenvalue weighted by Gasteiger charge is 2.37. The Bertz CT molecular complexity index is 588. The normalized spacial score (nSPS) is 18.3. The minimum Gasteiger partial charge on any atom is -0.0808 e. The van der Waals surface area contributed by atoms with E-state index in [-0.39, 0.29) is 0 Å². The largest absolute Gasteiger partial charge is 0.115 e. The molecule has 126 valence electrons. The third-order valence-corrected chi connectivity index (χ3v) is 10.2. The summed E-state index contributed by atoms with van der Waals surface area (Å²) in [5.41, 5.74) is 4.50. The van der Waals surface area contributed by atoms with Gasteiger partial charge in [-0.1, -0.05) is 92.0 Å². The van der Waals surface area contributed by atoms with E-state index in [1.54, 1.807) is 16.0 Å². The quantitative estimate of drug-likeness (QED) is 0.521. The van der Waals surface area contributed by atoms with Crippen molar-refractivity contribution >= 4 is 13.3 Å². The predicted octanol–water partition coefficient (Wildman–Crippen LogP) is 6.23. The summed E-state index contributed by atoms with van der Waals surface area (Å²) in [7, 11) is -1.63. The van der Waals surface area contributed by atoms with E-state index in [0.29, 0.717) is 5.92 Å². The molecular formula is C22H34Si. The maximum atomic E-state index is 2.62. The molecule has 0 nitrogen and oxygen atoms in total. The average Bonchev–Trinajstić information content (AvgIpc) is 3.01. The second-order valence-electron chi connectivity index (χ2n) is 7.63. The van der Waals surface area contributed by atoms with E-state index in [0.717, 1.165) is 6.42 Å². The van der Waals surface area contributed by atoms with Crippen molar-refractivity contribution in [3.8, 4) is 0 Å². The zero-order valence-corrected chi connectivity index (χ0v) is 17.0. The Morgan fingerprint density at radius 1 is 1.04 bits per heavy atom. The van der Waals surface area contributed by atoms with Gasteiger partial charge in [-0.2, -0.15) is 0 Å². The van der Waals surface area contributed by atoms with E-state index >= 15 is 0 Å². The minimum absolute atomic E-state index is 0.697. The van der Waals surface area contributed by atoms with Crippen LogP contribution in [0.3, 0.4) is 0 Å². The zero-order chi connectivity index (χ0) is 17.0. The standard InChI is InChI=1S/C22H34Si/c1-7-9-13-23(6,20-15-17(3)14-18(4)16-20)22-12-10-11-21(22)19(5)8-2/h11-12,14-16,19H,7-10,13H2,1-6H3. The molecule has 0 saturated carbocycles. The number of aryl methyl sites for hydroxylation is 2. The van der Waals surface area contributed by atoms with Crippen molar-refractivity contribution in [2.45, 2.75) is 72.9 Å². The van der Waals surface area contributed by atoms with Crippen LogP contribution in [0.2, 0.25) is 12.6 Å². The first kappa shape index (κ1) is 18.3. The second kappa shape index (κ2) is 7.66. The number of hydrogen-bond donors (Lipinski definition) is 0. The topological polar surface area (TPSA) is 0 Å². The van der Waals surface area contributed by atoms with Gasteiger partial charge in [0.25, 0.3) is 0 Å². The van der Waals surface area contributed by atoms with Crippen molar-refractivity contribution in [2.24, 2.45) is 5.92 Å². The van der Waals surface area contributed by atoms with Gasteiger partial charge in [0.05, 0.1) is 0 Å². The van der Waals surface area contributed by atoms with Crippen molar-refractivity contribution in [1.82, 2.24) is 0 Å². The van der Waals surface area contributed by atoms with Gasteiger partial charge >= 0.3 is 0 Å². The summed E-state index contributed by atoms with van der Waals surface area (Å²) in [6.45, 7) is 14.2. The second-order valence-corrected chi connectivity index (χ2v) is 11.9. The molecule has 0 spiro atoms. The van der Waals surface area contributed by atoms with Crippen LogP contribution in [-0.2, 0) is 0 Å². The van der Waals surface area contributed by atoms with Crippen LogP contribution in [0, 0.1) is 19.8 Å². The molecule has 0 radical (unpaired) electrons. The number of unbranched alkanes of at least 4 members (excludes halogenated alkanes) is 1.